The number of aromatic hydroxyl groups is 1. The first kappa shape index (κ1) is 14.6. The smallest absolute Gasteiger partial charge is 0.281 e. The van der Waals surface area contributed by atoms with Crippen LogP contribution >= 0.6 is 23.2 Å². The Morgan fingerprint density at radius 2 is 2.10 bits per heavy atom. The van der Waals surface area contributed by atoms with E-state index in [0.717, 1.165) is 10.9 Å². The first-order valence-corrected chi connectivity index (χ1v) is 6.50. The Bertz CT molecular complexity index is 741. The van der Waals surface area contributed by atoms with E-state index in [9.17, 15) is 14.7 Å². The molecular formula is C13H10Cl2N2O3. The third-order valence-electron chi connectivity index (χ3n) is 2.73. The molecule has 0 radical (unpaired) electrons. The van der Waals surface area contributed by atoms with Crippen molar-refractivity contribution in [1.82, 2.24) is 9.78 Å². The number of carbonyl (C=O) groups is 1. The van der Waals surface area contributed by atoms with Crippen LogP contribution in [0, 0.1) is 0 Å². The minimum atomic E-state index is -0.668. The van der Waals surface area contributed by atoms with Crippen LogP contribution in [0.15, 0.2) is 29.2 Å². The zero-order valence-electron chi connectivity index (χ0n) is 10.4. The average Bonchev–Trinajstić information content (AvgIpc) is 2.38. The summed E-state index contributed by atoms with van der Waals surface area (Å²) in [5.41, 5.74) is -0.924. The normalized spacial score (nSPS) is 10.6. The number of ketones is 1. The molecule has 1 heterocycles. The van der Waals surface area contributed by atoms with Gasteiger partial charge in [0.05, 0.1) is 11.2 Å². The predicted molar refractivity (Wildman–Crippen MR) is 75.7 cm³/mol. The summed E-state index contributed by atoms with van der Waals surface area (Å²) in [6.07, 6.45) is 1.06. The SMILES string of the molecule is CCn1ncc(O)c(C(=O)c2ccc(Cl)cc2Cl)c1=O. The number of rotatable bonds is 3. The molecule has 0 aliphatic carbocycles. The first-order chi connectivity index (χ1) is 9.45. The molecule has 104 valence electrons. The number of halogens is 2. The van der Waals surface area contributed by atoms with Crippen LogP contribution in [0.4, 0.5) is 0 Å². The summed E-state index contributed by atoms with van der Waals surface area (Å²) in [6.45, 7) is 1.99. The van der Waals surface area contributed by atoms with E-state index < -0.39 is 17.1 Å². The fourth-order valence-corrected chi connectivity index (χ4v) is 2.22. The fraction of sp³-hybridized carbons (Fsp3) is 0.154. The van der Waals surface area contributed by atoms with Gasteiger partial charge in [0.1, 0.15) is 5.56 Å². The highest BCUT2D eigenvalue weighted by molar-refractivity contribution is 6.37. The molecule has 0 atom stereocenters. The highest BCUT2D eigenvalue weighted by atomic mass is 35.5. The summed E-state index contributed by atoms with van der Waals surface area (Å²) in [7, 11) is 0. The fourth-order valence-electron chi connectivity index (χ4n) is 1.73. The van der Waals surface area contributed by atoms with Crippen molar-refractivity contribution in [2.45, 2.75) is 13.5 Å². The average molecular weight is 313 g/mol. The Morgan fingerprint density at radius 3 is 2.70 bits per heavy atom. The van der Waals surface area contributed by atoms with E-state index in [1.807, 2.05) is 0 Å². The van der Waals surface area contributed by atoms with Crippen molar-refractivity contribution in [2.75, 3.05) is 0 Å². The van der Waals surface area contributed by atoms with Gasteiger partial charge in [-0.05, 0) is 25.1 Å². The summed E-state index contributed by atoms with van der Waals surface area (Å²) in [5.74, 6) is -1.14. The van der Waals surface area contributed by atoms with E-state index in [2.05, 4.69) is 5.10 Å². The molecule has 0 aliphatic heterocycles. The minimum absolute atomic E-state index is 0.0947. The molecule has 1 aromatic heterocycles. The van der Waals surface area contributed by atoms with Gasteiger partial charge in [-0.15, -0.1) is 0 Å². The Morgan fingerprint density at radius 1 is 1.40 bits per heavy atom. The largest absolute Gasteiger partial charge is 0.505 e. The zero-order chi connectivity index (χ0) is 14.9. The Balaban J connectivity index is 2.62. The van der Waals surface area contributed by atoms with Gasteiger partial charge in [0, 0.05) is 17.1 Å². The molecule has 20 heavy (non-hydrogen) atoms. The second kappa shape index (κ2) is 5.64. The van der Waals surface area contributed by atoms with Crippen molar-refractivity contribution in [1.29, 1.82) is 0 Å². The van der Waals surface area contributed by atoms with E-state index in [-0.39, 0.29) is 22.7 Å². The number of carbonyl (C=O) groups excluding carboxylic acids is 1. The third-order valence-corrected chi connectivity index (χ3v) is 3.27. The second-order valence-corrected chi connectivity index (χ2v) is 4.82. The zero-order valence-corrected chi connectivity index (χ0v) is 11.9. The third kappa shape index (κ3) is 2.55. The summed E-state index contributed by atoms with van der Waals surface area (Å²) < 4.78 is 1.08. The lowest BCUT2D eigenvalue weighted by atomic mass is 10.0. The first-order valence-electron chi connectivity index (χ1n) is 5.74. The molecule has 1 aromatic carbocycles. The number of hydrogen-bond acceptors (Lipinski definition) is 4. The van der Waals surface area contributed by atoms with Crippen LogP contribution in [0.3, 0.4) is 0 Å². The van der Waals surface area contributed by atoms with Crippen LogP contribution in [0.5, 0.6) is 5.75 Å². The molecular weight excluding hydrogens is 303 g/mol. The highest BCUT2D eigenvalue weighted by Gasteiger charge is 2.22. The molecule has 0 amide bonds. The van der Waals surface area contributed by atoms with Crippen LogP contribution in [0.2, 0.25) is 10.0 Å². The van der Waals surface area contributed by atoms with E-state index in [1.54, 1.807) is 6.92 Å². The van der Waals surface area contributed by atoms with Crippen LogP contribution in [-0.4, -0.2) is 20.7 Å². The van der Waals surface area contributed by atoms with Crippen molar-refractivity contribution < 1.29 is 9.90 Å². The number of nitrogens with zero attached hydrogens (tertiary/aromatic N) is 2. The summed E-state index contributed by atoms with van der Waals surface area (Å²) in [6, 6.07) is 4.28. The van der Waals surface area contributed by atoms with Crippen molar-refractivity contribution in [3.63, 3.8) is 0 Å². The Labute approximate surface area is 124 Å². The van der Waals surface area contributed by atoms with Crippen LogP contribution in [0.1, 0.15) is 22.8 Å². The molecule has 0 spiro atoms. The van der Waals surface area contributed by atoms with E-state index in [0.29, 0.717) is 5.02 Å². The molecule has 0 fully saturated rings. The van der Waals surface area contributed by atoms with Gasteiger partial charge in [0.25, 0.3) is 5.56 Å². The molecule has 2 aromatic rings. The monoisotopic (exact) mass is 312 g/mol. The number of benzene rings is 1. The highest BCUT2D eigenvalue weighted by Crippen LogP contribution is 2.24. The standard InChI is InChI=1S/C13H10Cl2N2O3/c1-2-17-13(20)11(10(18)6-16-17)12(19)8-4-3-7(14)5-9(8)15/h3-6,18H,2H2,1H3. The summed E-state index contributed by atoms with van der Waals surface area (Å²) in [5, 5.41) is 13.9. The molecule has 0 aliphatic rings. The quantitative estimate of drug-likeness (QED) is 0.884. The van der Waals surface area contributed by atoms with Gasteiger partial charge in [0.2, 0.25) is 5.78 Å². The predicted octanol–water partition coefficient (Wildman–Crippen LogP) is 2.51. The minimum Gasteiger partial charge on any atom is -0.505 e. The molecule has 5 nitrogen and oxygen atoms in total. The maximum atomic E-state index is 12.4. The number of hydrogen-bond donors (Lipinski definition) is 1. The van der Waals surface area contributed by atoms with Gasteiger partial charge in [0.15, 0.2) is 5.75 Å². The van der Waals surface area contributed by atoms with Crippen molar-refractivity contribution in [3.05, 3.63) is 55.9 Å². The topological polar surface area (TPSA) is 72.2 Å². The summed E-state index contributed by atoms with van der Waals surface area (Å²) >= 11 is 11.7. The van der Waals surface area contributed by atoms with Gasteiger partial charge < -0.3 is 5.11 Å². The molecule has 1 N–H and O–H groups in total. The number of aromatic nitrogens is 2. The molecule has 7 heteroatoms. The molecule has 0 saturated heterocycles. The molecule has 2 rings (SSSR count). The molecule has 0 bridgehead atoms. The van der Waals surface area contributed by atoms with E-state index >= 15 is 0 Å². The Kier molecular flexibility index (Phi) is 4.11. The molecule has 0 unspecified atom stereocenters. The van der Waals surface area contributed by atoms with Gasteiger partial charge >= 0.3 is 0 Å². The van der Waals surface area contributed by atoms with E-state index in [4.69, 9.17) is 23.2 Å². The lowest BCUT2D eigenvalue weighted by Crippen LogP contribution is -2.28. The van der Waals surface area contributed by atoms with Crippen molar-refractivity contribution >= 4 is 29.0 Å². The van der Waals surface area contributed by atoms with Crippen LogP contribution < -0.4 is 5.56 Å². The van der Waals surface area contributed by atoms with Crippen molar-refractivity contribution in [3.8, 4) is 5.75 Å². The van der Waals surface area contributed by atoms with Crippen LogP contribution in [0.25, 0.3) is 0 Å². The summed E-state index contributed by atoms with van der Waals surface area (Å²) in [4.78, 5) is 24.4. The van der Waals surface area contributed by atoms with Crippen LogP contribution in [-0.2, 0) is 6.54 Å². The molecule has 0 saturated carbocycles. The lowest BCUT2D eigenvalue weighted by molar-refractivity contribution is 0.103. The lowest BCUT2D eigenvalue weighted by Gasteiger charge is -2.07. The van der Waals surface area contributed by atoms with E-state index in [1.165, 1.54) is 18.2 Å². The Hall–Kier alpha value is -1.85. The van der Waals surface area contributed by atoms with Crippen molar-refractivity contribution in [2.24, 2.45) is 0 Å². The second-order valence-electron chi connectivity index (χ2n) is 3.98. The van der Waals surface area contributed by atoms with Gasteiger partial charge in [-0.25, -0.2) is 4.68 Å². The number of aryl methyl sites for hydroxylation is 1. The maximum Gasteiger partial charge on any atom is 0.281 e. The van der Waals surface area contributed by atoms with Gasteiger partial charge in [-0.1, -0.05) is 23.2 Å². The van der Waals surface area contributed by atoms with Gasteiger partial charge in [-0.2, -0.15) is 5.10 Å². The maximum absolute atomic E-state index is 12.4. The van der Waals surface area contributed by atoms with Gasteiger partial charge in [-0.3, -0.25) is 9.59 Å².